The zero-order valence-corrected chi connectivity index (χ0v) is 13.5. The Morgan fingerprint density at radius 3 is 2.85 bits per heavy atom. The third kappa shape index (κ3) is 3.63. The number of halogens is 1. The zero-order chi connectivity index (χ0) is 14.6. The van der Waals surface area contributed by atoms with Crippen LogP contribution in [-0.2, 0) is 0 Å². The quantitative estimate of drug-likeness (QED) is 0.795. The van der Waals surface area contributed by atoms with Gasteiger partial charge in [-0.15, -0.1) is 0 Å². The lowest BCUT2D eigenvalue weighted by Crippen LogP contribution is -2.34. The van der Waals surface area contributed by atoms with Crippen LogP contribution in [0.4, 0.5) is 0 Å². The molecular weight excluding hydrogens is 318 g/mol. The smallest absolute Gasteiger partial charge is 0.255 e. The van der Waals surface area contributed by atoms with Crippen LogP contribution in [0.15, 0.2) is 34.9 Å². The molecule has 0 aliphatic rings. The summed E-state index contributed by atoms with van der Waals surface area (Å²) < 4.78 is 5.40. The van der Waals surface area contributed by atoms with E-state index < -0.39 is 0 Å². The Balaban J connectivity index is 2.02. The fraction of sp³-hybridized carbons (Fsp3) is 0.438. The Bertz CT molecular complexity index is 589. The molecule has 0 radical (unpaired) electrons. The van der Waals surface area contributed by atoms with Crippen LogP contribution in [0.3, 0.4) is 0 Å². The molecule has 108 valence electrons. The number of rotatable bonds is 6. The van der Waals surface area contributed by atoms with Gasteiger partial charge in [0.15, 0.2) is 0 Å². The molecule has 4 heteroatoms. The van der Waals surface area contributed by atoms with Gasteiger partial charge in [0.05, 0.1) is 5.56 Å². The number of alkyl halides is 1. The molecule has 0 fully saturated rings. The first-order valence-electron chi connectivity index (χ1n) is 6.84. The van der Waals surface area contributed by atoms with E-state index in [0.717, 1.165) is 29.1 Å². The van der Waals surface area contributed by atoms with Gasteiger partial charge >= 0.3 is 0 Å². The van der Waals surface area contributed by atoms with Gasteiger partial charge in [0.2, 0.25) is 0 Å². The van der Waals surface area contributed by atoms with Gasteiger partial charge < -0.3 is 9.73 Å². The van der Waals surface area contributed by atoms with Crippen LogP contribution >= 0.6 is 15.9 Å². The van der Waals surface area contributed by atoms with E-state index in [9.17, 15) is 4.79 Å². The molecule has 0 spiro atoms. The molecule has 1 heterocycles. The number of hydrogen-bond acceptors (Lipinski definition) is 2. The van der Waals surface area contributed by atoms with Crippen molar-refractivity contribution in [3.05, 3.63) is 36.1 Å². The minimum atomic E-state index is -0.0677. The van der Waals surface area contributed by atoms with Crippen LogP contribution in [0.2, 0.25) is 0 Å². The molecule has 2 rings (SSSR count). The molecule has 3 nitrogen and oxygen atoms in total. The second-order valence-electron chi connectivity index (χ2n) is 5.78. The number of fused-ring (bicyclic) bond motifs is 1. The Hall–Kier alpha value is -1.29. The van der Waals surface area contributed by atoms with E-state index in [1.807, 2.05) is 24.3 Å². The van der Waals surface area contributed by atoms with Gasteiger partial charge in [-0.2, -0.15) is 0 Å². The predicted molar refractivity (Wildman–Crippen MR) is 85.4 cm³/mol. The maximum absolute atomic E-state index is 12.3. The van der Waals surface area contributed by atoms with Crippen LogP contribution in [0.1, 0.15) is 37.0 Å². The molecule has 0 bridgehead atoms. The third-order valence-electron chi connectivity index (χ3n) is 3.44. The average Bonchev–Trinajstić information content (AvgIpc) is 2.87. The molecule has 1 aromatic carbocycles. The molecule has 0 unspecified atom stereocenters. The maximum atomic E-state index is 12.3. The molecule has 0 saturated carbocycles. The van der Waals surface area contributed by atoms with Crippen LogP contribution in [0, 0.1) is 5.41 Å². The van der Waals surface area contributed by atoms with Crippen molar-refractivity contribution in [3.8, 4) is 0 Å². The van der Waals surface area contributed by atoms with Crippen molar-refractivity contribution in [1.82, 2.24) is 5.32 Å². The van der Waals surface area contributed by atoms with Gasteiger partial charge in [-0.25, -0.2) is 0 Å². The molecule has 1 aromatic heterocycles. The number of furan rings is 1. The predicted octanol–water partition coefficient (Wildman–Crippen LogP) is 4.36. The van der Waals surface area contributed by atoms with Crippen LogP contribution in [-0.4, -0.2) is 17.8 Å². The Morgan fingerprint density at radius 1 is 1.35 bits per heavy atom. The van der Waals surface area contributed by atoms with Crippen molar-refractivity contribution < 1.29 is 9.21 Å². The fourth-order valence-electron chi connectivity index (χ4n) is 2.20. The van der Waals surface area contributed by atoms with Crippen LogP contribution in [0.5, 0.6) is 0 Å². The molecular formula is C16H20BrNO2. The number of nitrogens with one attached hydrogen (secondary N) is 1. The van der Waals surface area contributed by atoms with E-state index >= 15 is 0 Å². The first-order valence-corrected chi connectivity index (χ1v) is 7.96. The first kappa shape index (κ1) is 15.1. The summed E-state index contributed by atoms with van der Waals surface area (Å²) in [5.41, 5.74) is 1.45. The highest BCUT2D eigenvalue weighted by molar-refractivity contribution is 9.09. The second kappa shape index (κ2) is 6.44. The molecule has 0 atom stereocenters. The molecule has 0 saturated heterocycles. The number of para-hydroxylation sites is 1. The summed E-state index contributed by atoms with van der Waals surface area (Å²) in [7, 11) is 0. The van der Waals surface area contributed by atoms with Crippen LogP contribution in [0.25, 0.3) is 11.0 Å². The number of amides is 1. The van der Waals surface area contributed by atoms with Crippen molar-refractivity contribution in [1.29, 1.82) is 0 Å². The topological polar surface area (TPSA) is 42.2 Å². The Morgan fingerprint density at radius 2 is 2.10 bits per heavy atom. The highest BCUT2D eigenvalue weighted by Gasteiger charge is 2.20. The van der Waals surface area contributed by atoms with Crippen molar-refractivity contribution in [2.24, 2.45) is 5.41 Å². The van der Waals surface area contributed by atoms with E-state index in [0.29, 0.717) is 12.1 Å². The molecule has 20 heavy (non-hydrogen) atoms. The lowest BCUT2D eigenvalue weighted by atomic mass is 9.88. The Kier molecular flexibility index (Phi) is 4.86. The maximum Gasteiger partial charge on any atom is 0.255 e. The van der Waals surface area contributed by atoms with E-state index in [-0.39, 0.29) is 11.3 Å². The summed E-state index contributed by atoms with van der Waals surface area (Å²) in [6, 6.07) is 7.58. The van der Waals surface area contributed by atoms with E-state index in [4.69, 9.17) is 4.42 Å². The van der Waals surface area contributed by atoms with E-state index in [2.05, 4.69) is 35.1 Å². The average molecular weight is 338 g/mol. The molecule has 1 N–H and O–H groups in total. The lowest BCUT2D eigenvalue weighted by Gasteiger charge is -2.24. The van der Waals surface area contributed by atoms with Crippen LogP contribution < -0.4 is 5.32 Å². The first-order chi connectivity index (χ1) is 9.53. The number of benzene rings is 1. The summed E-state index contributed by atoms with van der Waals surface area (Å²) >= 11 is 3.44. The monoisotopic (exact) mass is 337 g/mol. The van der Waals surface area contributed by atoms with Gasteiger partial charge in [-0.1, -0.05) is 48.0 Å². The van der Waals surface area contributed by atoms with Crippen molar-refractivity contribution in [2.75, 3.05) is 11.9 Å². The van der Waals surface area contributed by atoms with Gasteiger partial charge in [0.1, 0.15) is 11.8 Å². The molecule has 0 aliphatic heterocycles. The summed E-state index contributed by atoms with van der Waals surface area (Å²) in [6.07, 6.45) is 3.72. The molecule has 2 aromatic rings. The van der Waals surface area contributed by atoms with Crippen molar-refractivity contribution in [3.63, 3.8) is 0 Å². The summed E-state index contributed by atoms with van der Waals surface area (Å²) in [6.45, 7) is 5.01. The van der Waals surface area contributed by atoms with E-state index in [1.165, 1.54) is 6.26 Å². The highest BCUT2D eigenvalue weighted by Crippen LogP contribution is 2.23. The fourth-order valence-corrected chi connectivity index (χ4v) is 2.48. The highest BCUT2D eigenvalue weighted by atomic mass is 79.9. The van der Waals surface area contributed by atoms with Gasteiger partial charge in [-0.05, 0) is 24.3 Å². The minimum Gasteiger partial charge on any atom is -0.463 e. The minimum absolute atomic E-state index is 0.0677. The lowest BCUT2D eigenvalue weighted by molar-refractivity contribution is 0.0935. The summed E-state index contributed by atoms with van der Waals surface area (Å²) in [4.78, 5) is 12.3. The van der Waals surface area contributed by atoms with Gasteiger partial charge in [-0.3, -0.25) is 4.79 Å². The second-order valence-corrected chi connectivity index (χ2v) is 6.58. The number of hydrogen-bond donors (Lipinski definition) is 1. The zero-order valence-electron chi connectivity index (χ0n) is 11.9. The largest absolute Gasteiger partial charge is 0.463 e. The number of carbonyl (C=O) groups is 1. The SMILES string of the molecule is CC(C)(CCCBr)CNC(=O)c1coc2ccccc12. The number of carbonyl (C=O) groups excluding carboxylic acids is 1. The van der Waals surface area contributed by atoms with Crippen molar-refractivity contribution >= 4 is 32.8 Å². The van der Waals surface area contributed by atoms with E-state index in [1.54, 1.807) is 0 Å². The normalized spacial score (nSPS) is 11.8. The standard InChI is InChI=1S/C16H20BrNO2/c1-16(2,8-5-9-17)11-18-15(19)13-10-20-14-7-4-3-6-12(13)14/h3-4,6-7,10H,5,8-9,11H2,1-2H3,(H,18,19). The van der Waals surface area contributed by atoms with Crippen molar-refractivity contribution in [2.45, 2.75) is 26.7 Å². The molecule has 1 amide bonds. The van der Waals surface area contributed by atoms with Gasteiger partial charge in [0.25, 0.3) is 5.91 Å². The summed E-state index contributed by atoms with van der Waals surface area (Å²) in [5.74, 6) is -0.0677. The molecule has 0 aliphatic carbocycles. The Labute approximate surface area is 127 Å². The van der Waals surface area contributed by atoms with Gasteiger partial charge in [0, 0.05) is 17.3 Å². The summed E-state index contributed by atoms with van der Waals surface area (Å²) in [5, 5.41) is 4.87. The third-order valence-corrected chi connectivity index (χ3v) is 4.00.